The molecule has 0 saturated heterocycles. The van der Waals surface area contributed by atoms with Crippen molar-refractivity contribution in [3.05, 3.63) is 78.3 Å². The number of fused-ring (bicyclic) bond motifs is 1. The van der Waals surface area contributed by atoms with Crippen molar-refractivity contribution in [3.8, 4) is 0 Å². The van der Waals surface area contributed by atoms with Crippen LogP contribution in [0.1, 0.15) is 42.7 Å². The third-order valence-corrected chi connectivity index (χ3v) is 5.61. The van der Waals surface area contributed by atoms with Gasteiger partial charge in [-0.25, -0.2) is 14.1 Å². The Morgan fingerprint density at radius 2 is 1.91 bits per heavy atom. The van der Waals surface area contributed by atoms with Gasteiger partial charge in [0.15, 0.2) is 0 Å². The van der Waals surface area contributed by atoms with Crippen molar-refractivity contribution in [2.24, 2.45) is 5.92 Å². The summed E-state index contributed by atoms with van der Waals surface area (Å²) in [6.07, 6.45) is 5.04. The third kappa shape index (κ3) is 7.46. The standard InChI is InChI=1S/C22H22N4O3S.C4H10/c1-16-24-19-14-23-10-9-20(19)26(16)15-17-5-7-18(8-6-17)30-25(2)11-13-29-22(27)21-4-3-12-28-21;1-4(2)3/h3-10,12,14H,11,13,15H2,1-2H3;4H,1-3H3. The number of imidazole rings is 1. The molecular formula is C26H32N4O3S. The van der Waals surface area contributed by atoms with E-state index in [1.165, 1.54) is 11.8 Å². The molecule has 1 aromatic carbocycles. The van der Waals surface area contributed by atoms with E-state index in [1.807, 2.05) is 24.3 Å². The van der Waals surface area contributed by atoms with E-state index < -0.39 is 5.97 Å². The molecule has 0 saturated carbocycles. The Labute approximate surface area is 205 Å². The van der Waals surface area contributed by atoms with Gasteiger partial charge in [-0.15, -0.1) is 0 Å². The molecule has 0 bridgehead atoms. The minimum atomic E-state index is -0.444. The molecule has 180 valence electrons. The summed E-state index contributed by atoms with van der Waals surface area (Å²) in [5.74, 6) is 1.58. The molecule has 3 aromatic heterocycles. The molecule has 7 nitrogen and oxygen atoms in total. The Bertz CT molecular complexity index is 1170. The van der Waals surface area contributed by atoms with Gasteiger partial charge in [0.1, 0.15) is 17.9 Å². The fourth-order valence-electron chi connectivity index (χ4n) is 3.10. The molecule has 0 aliphatic heterocycles. The third-order valence-electron chi connectivity index (χ3n) is 4.63. The number of benzene rings is 1. The molecule has 4 rings (SSSR count). The Balaban J connectivity index is 0.000000751. The van der Waals surface area contributed by atoms with Crippen LogP contribution in [-0.2, 0) is 11.3 Å². The van der Waals surface area contributed by atoms with E-state index >= 15 is 0 Å². The summed E-state index contributed by atoms with van der Waals surface area (Å²) in [7, 11) is 1.97. The lowest BCUT2D eigenvalue weighted by Gasteiger charge is -2.15. The lowest BCUT2D eigenvalue weighted by Crippen LogP contribution is -2.18. The predicted octanol–water partition coefficient (Wildman–Crippen LogP) is 5.84. The number of aromatic nitrogens is 3. The first-order valence-electron chi connectivity index (χ1n) is 11.3. The number of aryl methyl sites for hydroxylation is 1. The summed E-state index contributed by atoms with van der Waals surface area (Å²) >= 11 is 1.61. The van der Waals surface area contributed by atoms with Crippen LogP contribution in [0.2, 0.25) is 0 Å². The number of carbonyl (C=O) groups excluding carboxylic acids is 1. The zero-order valence-corrected chi connectivity index (χ0v) is 21.2. The number of esters is 1. The average Bonchev–Trinajstić information content (AvgIpc) is 3.43. The van der Waals surface area contributed by atoms with E-state index in [1.54, 1.807) is 36.5 Å². The number of likely N-dealkylation sites (N-methyl/N-ethyl adjacent to an activating group) is 1. The summed E-state index contributed by atoms with van der Waals surface area (Å²) < 4.78 is 14.5. The van der Waals surface area contributed by atoms with Crippen LogP contribution in [0.25, 0.3) is 11.0 Å². The number of hydrogen-bond acceptors (Lipinski definition) is 7. The average molecular weight is 481 g/mol. The van der Waals surface area contributed by atoms with Gasteiger partial charge in [-0.3, -0.25) is 4.98 Å². The van der Waals surface area contributed by atoms with Gasteiger partial charge in [-0.1, -0.05) is 32.9 Å². The lowest BCUT2D eigenvalue weighted by atomic mass is 10.2. The number of carbonyl (C=O) groups is 1. The molecule has 34 heavy (non-hydrogen) atoms. The molecule has 0 fully saturated rings. The highest BCUT2D eigenvalue weighted by Crippen LogP contribution is 2.23. The molecule has 0 amide bonds. The Morgan fingerprint density at radius 1 is 1.18 bits per heavy atom. The zero-order chi connectivity index (χ0) is 24.5. The van der Waals surface area contributed by atoms with E-state index in [0.29, 0.717) is 13.2 Å². The number of ether oxygens (including phenoxy) is 1. The van der Waals surface area contributed by atoms with Gasteiger partial charge in [0.05, 0.1) is 18.0 Å². The molecule has 0 aliphatic carbocycles. The summed E-state index contributed by atoms with van der Waals surface area (Å²) in [5, 5.41) is 0. The normalized spacial score (nSPS) is 11.0. The number of hydrogen-bond donors (Lipinski definition) is 0. The van der Waals surface area contributed by atoms with Gasteiger partial charge in [-0.2, -0.15) is 0 Å². The topological polar surface area (TPSA) is 73.4 Å². The summed E-state index contributed by atoms with van der Waals surface area (Å²) in [4.78, 5) is 21.6. The van der Waals surface area contributed by atoms with Crippen LogP contribution in [0.3, 0.4) is 0 Å². The quantitative estimate of drug-likeness (QED) is 0.232. The van der Waals surface area contributed by atoms with Crippen LogP contribution < -0.4 is 0 Å². The monoisotopic (exact) mass is 480 g/mol. The van der Waals surface area contributed by atoms with Crippen molar-refractivity contribution < 1.29 is 13.9 Å². The Kier molecular flexibility index (Phi) is 9.30. The van der Waals surface area contributed by atoms with E-state index in [2.05, 4.69) is 59.6 Å². The lowest BCUT2D eigenvalue weighted by molar-refractivity contribution is 0.0460. The summed E-state index contributed by atoms with van der Waals surface area (Å²) in [6.45, 7) is 10.2. The van der Waals surface area contributed by atoms with E-state index in [0.717, 1.165) is 34.2 Å². The Hall–Kier alpha value is -3.10. The maximum absolute atomic E-state index is 11.8. The number of rotatable bonds is 8. The number of furan rings is 1. The minimum Gasteiger partial charge on any atom is -0.458 e. The molecular weight excluding hydrogens is 448 g/mol. The van der Waals surface area contributed by atoms with Gasteiger partial charge < -0.3 is 13.7 Å². The van der Waals surface area contributed by atoms with Crippen LogP contribution in [0.4, 0.5) is 0 Å². The molecule has 0 N–H and O–H groups in total. The summed E-state index contributed by atoms with van der Waals surface area (Å²) in [5.41, 5.74) is 3.20. The van der Waals surface area contributed by atoms with Crippen LogP contribution in [0.5, 0.6) is 0 Å². The second kappa shape index (κ2) is 12.4. The first kappa shape index (κ1) is 25.5. The van der Waals surface area contributed by atoms with Crippen LogP contribution in [0.15, 0.2) is 70.4 Å². The van der Waals surface area contributed by atoms with Crippen molar-refractivity contribution in [1.82, 2.24) is 18.8 Å². The maximum Gasteiger partial charge on any atom is 0.374 e. The second-order valence-corrected chi connectivity index (χ2v) is 9.82. The van der Waals surface area contributed by atoms with E-state index in [9.17, 15) is 4.79 Å². The van der Waals surface area contributed by atoms with E-state index in [-0.39, 0.29) is 5.76 Å². The maximum atomic E-state index is 11.8. The van der Waals surface area contributed by atoms with Crippen molar-refractivity contribution in [3.63, 3.8) is 0 Å². The van der Waals surface area contributed by atoms with Crippen molar-refractivity contribution in [2.75, 3.05) is 20.2 Å². The van der Waals surface area contributed by atoms with Gasteiger partial charge in [0.25, 0.3) is 0 Å². The first-order chi connectivity index (χ1) is 16.3. The molecule has 8 heteroatoms. The minimum absolute atomic E-state index is 0.220. The largest absolute Gasteiger partial charge is 0.458 e. The summed E-state index contributed by atoms with van der Waals surface area (Å²) in [6, 6.07) is 13.7. The first-order valence-corrected chi connectivity index (χ1v) is 12.1. The zero-order valence-electron chi connectivity index (χ0n) is 20.4. The smallest absolute Gasteiger partial charge is 0.374 e. The van der Waals surface area contributed by atoms with Crippen LogP contribution in [-0.4, -0.2) is 45.0 Å². The highest BCUT2D eigenvalue weighted by molar-refractivity contribution is 7.97. The van der Waals surface area contributed by atoms with Gasteiger partial charge in [0.2, 0.25) is 5.76 Å². The molecule has 0 aliphatic rings. The van der Waals surface area contributed by atoms with Crippen LogP contribution >= 0.6 is 11.9 Å². The van der Waals surface area contributed by atoms with E-state index in [4.69, 9.17) is 9.15 Å². The highest BCUT2D eigenvalue weighted by atomic mass is 32.2. The number of pyridine rings is 1. The predicted molar refractivity (Wildman–Crippen MR) is 136 cm³/mol. The van der Waals surface area contributed by atoms with Gasteiger partial charge in [0, 0.05) is 24.2 Å². The van der Waals surface area contributed by atoms with Crippen molar-refractivity contribution in [2.45, 2.75) is 39.1 Å². The van der Waals surface area contributed by atoms with Crippen molar-refractivity contribution >= 4 is 29.0 Å². The molecule has 0 radical (unpaired) electrons. The van der Waals surface area contributed by atoms with Crippen LogP contribution in [0, 0.1) is 12.8 Å². The molecule has 0 spiro atoms. The molecule has 4 aromatic rings. The van der Waals surface area contributed by atoms with Gasteiger partial charge >= 0.3 is 5.97 Å². The second-order valence-electron chi connectivity index (χ2n) is 8.54. The fraction of sp³-hybridized carbons (Fsp3) is 0.346. The number of nitrogens with zero attached hydrogens (tertiary/aromatic N) is 4. The molecule has 3 heterocycles. The Morgan fingerprint density at radius 3 is 2.59 bits per heavy atom. The highest BCUT2D eigenvalue weighted by Gasteiger charge is 2.11. The molecule has 0 atom stereocenters. The SMILES string of the molecule is CC(C)C.Cc1nc2cnccc2n1Cc1ccc(SN(C)CCOC(=O)c2ccco2)cc1. The molecule has 0 unspecified atom stereocenters. The van der Waals surface area contributed by atoms with Gasteiger partial charge in [-0.05, 0) is 67.7 Å². The van der Waals surface area contributed by atoms with Crippen molar-refractivity contribution in [1.29, 1.82) is 0 Å². The fourth-order valence-corrected chi connectivity index (χ4v) is 3.88.